The molecule has 1 atom stereocenters. The van der Waals surface area contributed by atoms with Crippen LogP contribution >= 0.6 is 0 Å². The lowest BCUT2D eigenvalue weighted by Gasteiger charge is -2.17. The van der Waals surface area contributed by atoms with Crippen molar-refractivity contribution in [1.82, 2.24) is 10.3 Å². The number of hydrogen-bond acceptors (Lipinski definition) is 6. The number of nitriles is 1. The summed E-state index contributed by atoms with van der Waals surface area (Å²) in [7, 11) is 0. The first-order valence-electron chi connectivity index (χ1n) is 8.47. The minimum Gasteiger partial charge on any atom is -0.390 e. The average molecular weight is 366 g/mol. The van der Waals surface area contributed by atoms with Gasteiger partial charge in [0.2, 0.25) is 0 Å². The number of nitrogens with zero attached hydrogens (tertiary/aromatic N) is 2. The third-order valence-electron chi connectivity index (χ3n) is 3.86. The zero-order valence-electron chi connectivity index (χ0n) is 15.0. The molecule has 5 N–H and O–H groups in total. The molecule has 0 fully saturated rings. The highest BCUT2D eigenvalue weighted by molar-refractivity contribution is 5.92. The summed E-state index contributed by atoms with van der Waals surface area (Å²) in [6.45, 7) is 1.87. The summed E-state index contributed by atoms with van der Waals surface area (Å²) in [6, 6.07) is 12.4. The number of aliphatic hydroxyl groups is 1. The van der Waals surface area contributed by atoms with E-state index in [-0.39, 0.29) is 24.9 Å². The maximum Gasteiger partial charge on any atom is 0.320 e. The Kier molecular flexibility index (Phi) is 7.28. The van der Waals surface area contributed by atoms with Crippen molar-refractivity contribution in [2.75, 3.05) is 17.2 Å². The van der Waals surface area contributed by atoms with Gasteiger partial charge in [-0.3, -0.25) is 5.32 Å². The molecule has 2 rings (SSSR count). The number of anilines is 2. The van der Waals surface area contributed by atoms with E-state index in [1.165, 1.54) is 6.07 Å². The topological polar surface area (TPSA) is 134 Å². The molecule has 0 saturated carbocycles. The minimum atomic E-state index is -0.441. The van der Waals surface area contributed by atoms with Crippen LogP contribution in [0.15, 0.2) is 36.4 Å². The van der Waals surface area contributed by atoms with Gasteiger partial charge in [-0.1, -0.05) is 30.3 Å². The van der Waals surface area contributed by atoms with E-state index < -0.39 is 6.03 Å². The Morgan fingerprint density at radius 3 is 2.78 bits per heavy atom. The molecule has 140 valence electrons. The normalized spacial score (nSPS) is 11.1. The molecule has 1 aromatic heterocycles. The lowest BCUT2D eigenvalue weighted by atomic mass is 10.1. The Balaban J connectivity index is 2.12. The number of aromatic nitrogens is 1. The van der Waals surface area contributed by atoms with E-state index in [0.29, 0.717) is 23.5 Å². The highest BCUT2D eigenvalue weighted by Crippen LogP contribution is 2.22. The van der Waals surface area contributed by atoms with Crippen LogP contribution in [0.1, 0.15) is 36.2 Å². The van der Waals surface area contributed by atoms with E-state index in [1.807, 2.05) is 43.3 Å². The number of carbonyl (C=O) groups is 1. The lowest BCUT2D eigenvalue weighted by molar-refractivity contribution is 0.249. The third kappa shape index (κ3) is 5.52. The fourth-order valence-corrected chi connectivity index (χ4v) is 2.53. The van der Waals surface area contributed by atoms with E-state index in [9.17, 15) is 9.90 Å². The van der Waals surface area contributed by atoms with Gasteiger partial charge < -0.3 is 21.1 Å². The van der Waals surface area contributed by atoms with Crippen molar-refractivity contribution in [3.8, 4) is 6.07 Å². The molecule has 0 radical (unpaired) electrons. The zero-order valence-corrected chi connectivity index (χ0v) is 15.0. The Morgan fingerprint density at radius 2 is 2.15 bits per heavy atom. The lowest BCUT2D eigenvalue weighted by Crippen LogP contribution is -2.31. The average Bonchev–Trinajstić information content (AvgIpc) is 2.69. The van der Waals surface area contributed by atoms with Crippen LogP contribution in [0.2, 0.25) is 0 Å². The number of urea groups is 1. The molecule has 2 amide bonds. The molecule has 0 spiro atoms. The quantitative estimate of drug-likeness (QED) is 0.362. The Bertz CT molecular complexity index is 832. The van der Waals surface area contributed by atoms with E-state index in [2.05, 4.69) is 20.9 Å². The number of amides is 2. The number of pyridine rings is 1. The van der Waals surface area contributed by atoms with Gasteiger partial charge in [0.05, 0.1) is 36.5 Å². The second-order valence-corrected chi connectivity index (χ2v) is 5.79. The first-order valence-corrected chi connectivity index (χ1v) is 8.47. The number of rotatable bonds is 8. The van der Waals surface area contributed by atoms with E-state index in [4.69, 9.17) is 10.7 Å². The summed E-state index contributed by atoms with van der Waals surface area (Å²) in [5.41, 5.74) is 2.19. The van der Waals surface area contributed by atoms with Crippen molar-refractivity contribution in [3.05, 3.63) is 53.2 Å². The Morgan fingerprint density at radius 1 is 1.41 bits per heavy atom. The fraction of sp³-hybridized carbons (Fsp3) is 0.263. The molecular weight excluding hydrogens is 344 g/mol. The van der Waals surface area contributed by atoms with E-state index in [0.717, 1.165) is 11.8 Å². The van der Waals surface area contributed by atoms with Crippen molar-refractivity contribution in [3.63, 3.8) is 0 Å². The zero-order chi connectivity index (χ0) is 19.6. The summed E-state index contributed by atoms with van der Waals surface area (Å²) < 4.78 is 0. The van der Waals surface area contributed by atoms with Crippen molar-refractivity contribution >= 4 is 23.8 Å². The van der Waals surface area contributed by atoms with Crippen molar-refractivity contribution in [1.29, 1.82) is 10.7 Å². The summed E-state index contributed by atoms with van der Waals surface area (Å²) in [6.07, 6.45) is 1.38. The van der Waals surface area contributed by atoms with Crippen molar-refractivity contribution in [2.45, 2.75) is 26.0 Å². The number of aliphatic hydroxyl groups excluding tert-OH is 1. The first-order chi connectivity index (χ1) is 13.1. The van der Waals surface area contributed by atoms with Crippen LogP contribution in [0, 0.1) is 16.7 Å². The van der Waals surface area contributed by atoms with Gasteiger partial charge in [-0.25, -0.2) is 9.78 Å². The van der Waals surface area contributed by atoms with Crippen molar-refractivity contribution < 1.29 is 9.90 Å². The molecular formula is C19H22N6O2. The fourth-order valence-electron chi connectivity index (χ4n) is 2.53. The number of carbonyl (C=O) groups excluding carboxylic acids is 1. The maximum atomic E-state index is 12.3. The van der Waals surface area contributed by atoms with Gasteiger partial charge in [-0.2, -0.15) is 5.26 Å². The second kappa shape index (κ2) is 9.89. The van der Waals surface area contributed by atoms with Gasteiger partial charge in [0, 0.05) is 18.3 Å². The molecule has 0 aliphatic heterocycles. The predicted molar refractivity (Wildman–Crippen MR) is 104 cm³/mol. The molecule has 0 unspecified atom stereocenters. The predicted octanol–water partition coefficient (Wildman–Crippen LogP) is 2.78. The van der Waals surface area contributed by atoms with Gasteiger partial charge in [-0.05, 0) is 18.6 Å². The van der Waals surface area contributed by atoms with Gasteiger partial charge in [-0.15, -0.1) is 0 Å². The van der Waals surface area contributed by atoms with Crippen LogP contribution in [-0.2, 0) is 6.61 Å². The molecule has 27 heavy (non-hydrogen) atoms. The summed E-state index contributed by atoms with van der Waals surface area (Å²) in [4.78, 5) is 16.5. The summed E-state index contributed by atoms with van der Waals surface area (Å²) in [5.74, 6) is 0.223. The van der Waals surface area contributed by atoms with Gasteiger partial charge in [0.1, 0.15) is 5.82 Å². The molecule has 1 heterocycles. The SMILES string of the molecule is C[C@@H](NC(=O)Nc1cc(C=N)c(NCCC#N)c(CO)n1)c1ccccc1. The Hall–Kier alpha value is -3.44. The minimum absolute atomic E-state index is 0.197. The standard InChI is InChI=1S/C19H22N6O2/c1-13(14-6-3-2-4-7-14)23-19(27)25-17-10-15(11-21)18(16(12-26)24-17)22-9-5-8-20/h2-4,6-7,10-11,13,21-22,26H,5,9,12H2,1H3,(H2,23,24,25,27)/t13-/m1/s1. The molecule has 0 aliphatic carbocycles. The molecule has 2 aromatic rings. The molecule has 8 heteroatoms. The van der Waals surface area contributed by atoms with E-state index in [1.54, 1.807) is 0 Å². The largest absolute Gasteiger partial charge is 0.390 e. The molecule has 0 aliphatic rings. The highest BCUT2D eigenvalue weighted by atomic mass is 16.3. The van der Waals surface area contributed by atoms with Crippen molar-refractivity contribution in [2.24, 2.45) is 0 Å². The van der Waals surface area contributed by atoms with Crippen LogP contribution < -0.4 is 16.0 Å². The van der Waals surface area contributed by atoms with Gasteiger partial charge in [0.25, 0.3) is 0 Å². The third-order valence-corrected chi connectivity index (χ3v) is 3.86. The molecule has 0 saturated heterocycles. The monoisotopic (exact) mass is 366 g/mol. The summed E-state index contributed by atoms with van der Waals surface area (Å²) >= 11 is 0. The number of hydrogen-bond donors (Lipinski definition) is 5. The maximum absolute atomic E-state index is 12.3. The molecule has 1 aromatic carbocycles. The van der Waals surface area contributed by atoms with Gasteiger partial charge >= 0.3 is 6.03 Å². The van der Waals surface area contributed by atoms with Crippen LogP contribution in [0.3, 0.4) is 0 Å². The van der Waals surface area contributed by atoms with Crippen LogP contribution in [0.4, 0.5) is 16.3 Å². The molecule has 0 bridgehead atoms. The first kappa shape index (κ1) is 19.9. The van der Waals surface area contributed by atoms with E-state index >= 15 is 0 Å². The highest BCUT2D eigenvalue weighted by Gasteiger charge is 2.14. The smallest absolute Gasteiger partial charge is 0.320 e. The van der Waals surface area contributed by atoms with Crippen LogP contribution in [-0.4, -0.2) is 28.9 Å². The summed E-state index contributed by atoms with van der Waals surface area (Å²) in [5, 5.41) is 34.2. The molecule has 8 nitrogen and oxygen atoms in total. The Labute approximate surface area is 157 Å². The van der Waals surface area contributed by atoms with Crippen LogP contribution in [0.25, 0.3) is 0 Å². The van der Waals surface area contributed by atoms with Gasteiger partial charge in [0.15, 0.2) is 0 Å². The number of benzene rings is 1. The number of nitrogens with one attached hydrogen (secondary N) is 4. The van der Waals surface area contributed by atoms with Crippen LogP contribution in [0.5, 0.6) is 0 Å². The second-order valence-electron chi connectivity index (χ2n) is 5.79.